The zero-order valence-electron chi connectivity index (χ0n) is 10.3. The fraction of sp³-hybridized carbons (Fsp3) is 0.600. The van der Waals surface area contributed by atoms with E-state index in [1.54, 1.807) is 0 Å². The lowest BCUT2D eigenvalue weighted by molar-refractivity contribution is 0.0782. The van der Waals surface area contributed by atoms with Crippen LogP contribution in [0.3, 0.4) is 0 Å². The average molecular weight is 234 g/mol. The molecule has 17 heavy (non-hydrogen) atoms. The third kappa shape index (κ3) is 4.39. The molecule has 0 heterocycles. The van der Waals surface area contributed by atoms with Crippen LogP contribution >= 0.6 is 0 Å². The monoisotopic (exact) mass is 234 g/mol. The summed E-state index contributed by atoms with van der Waals surface area (Å²) in [6, 6.07) is 9.71. The van der Waals surface area contributed by atoms with Crippen LogP contribution in [0.15, 0.2) is 30.3 Å². The number of ether oxygens (including phenoxy) is 1. The lowest BCUT2D eigenvalue weighted by Gasteiger charge is -2.24. The molecule has 0 aliphatic heterocycles. The lowest BCUT2D eigenvalue weighted by atomic mass is 9.85. The maximum Gasteiger partial charge on any atom is 0.119 e. The SMILES string of the molecule is OC(COc1ccccc1)CC1CCCCC1. The predicted octanol–water partition coefficient (Wildman–Crippen LogP) is 3.40. The molecule has 0 amide bonds. The third-order valence-electron chi connectivity index (χ3n) is 3.52. The lowest BCUT2D eigenvalue weighted by Crippen LogP contribution is -2.22. The summed E-state index contributed by atoms with van der Waals surface area (Å²) in [5, 5.41) is 9.94. The van der Waals surface area contributed by atoms with Gasteiger partial charge in [-0.15, -0.1) is 0 Å². The largest absolute Gasteiger partial charge is 0.491 e. The fourth-order valence-corrected chi connectivity index (χ4v) is 2.58. The average Bonchev–Trinajstić information content (AvgIpc) is 2.39. The molecule has 0 bridgehead atoms. The van der Waals surface area contributed by atoms with Crippen LogP contribution in [-0.4, -0.2) is 17.8 Å². The first kappa shape index (κ1) is 12.4. The number of para-hydroxylation sites is 1. The van der Waals surface area contributed by atoms with Crippen LogP contribution in [0.1, 0.15) is 38.5 Å². The van der Waals surface area contributed by atoms with Gasteiger partial charge < -0.3 is 9.84 Å². The van der Waals surface area contributed by atoms with E-state index in [4.69, 9.17) is 4.74 Å². The van der Waals surface area contributed by atoms with Gasteiger partial charge in [-0.2, -0.15) is 0 Å². The second-order valence-corrected chi connectivity index (χ2v) is 5.02. The Balaban J connectivity index is 1.68. The van der Waals surface area contributed by atoms with Crippen LogP contribution in [0.25, 0.3) is 0 Å². The highest BCUT2D eigenvalue weighted by Gasteiger charge is 2.17. The number of aliphatic hydroxyl groups is 1. The minimum absolute atomic E-state index is 0.321. The normalized spacial score (nSPS) is 18.9. The van der Waals surface area contributed by atoms with Gasteiger partial charge in [0.1, 0.15) is 12.4 Å². The first-order chi connectivity index (χ1) is 8.34. The van der Waals surface area contributed by atoms with Crippen LogP contribution in [0.4, 0.5) is 0 Å². The number of benzene rings is 1. The summed E-state index contributed by atoms with van der Waals surface area (Å²) in [6.07, 6.45) is 7.16. The van der Waals surface area contributed by atoms with Crippen LogP contribution in [-0.2, 0) is 0 Å². The molecule has 1 saturated carbocycles. The zero-order chi connectivity index (χ0) is 11.9. The summed E-state index contributed by atoms with van der Waals surface area (Å²) in [5.74, 6) is 1.55. The molecular weight excluding hydrogens is 212 g/mol. The fourth-order valence-electron chi connectivity index (χ4n) is 2.58. The van der Waals surface area contributed by atoms with Crippen molar-refractivity contribution in [3.63, 3.8) is 0 Å². The molecule has 0 aromatic heterocycles. The smallest absolute Gasteiger partial charge is 0.119 e. The Kier molecular flexibility index (Phi) is 4.87. The van der Waals surface area contributed by atoms with Gasteiger partial charge in [0, 0.05) is 0 Å². The van der Waals surface area contributed by atoms with Crippen molar-refractivity contribution < 1.29 is 9.84 Å². The summed E-state index contributed by atoms with van der Waals surface area (Å²) < 4.78 is 5.56. The molecule has 2 heteroatoms. The second-order valence-electron chi connectivity index (χ2n) is 5.02. The van der Waals surface area contributed by atoms with Crippen molar-refractivity contribution in [1.82, 2.24) is 0 Å². The Bertz CT molecular complexity index is 304. The highest BCUT2D eigenvalue weighted by atomic mass is 16.5. The third-order valence-corrected chi connectivity index (χ3v) is 3.52. The van der Waals surface area contributed by atoms with E-state index < -0.39 is 0 Å². The Morgan fingerprint density at radius 3 is 2.53 bits per heavy atom. The summed E-state index contributed by atoms with van der Waals surface area (Å²) in [7, 11) is 0. The molecule has 1 aliphatic rings. The molecule has 94 valence electrons. The van der Waals surface area contributed by atoms with Gasteiger partial charge >= 0.3 is 0 Å². The first-order valence-corrected chi connectivity index (χ1v) is 6.70. The molecule has 0 saturated heterocycles. The van der Waals surface area contributed by atoms with Gasteiger partial charge in [0.2, 0.25) is 0 Å². The maximum atomic E-state index is 9.94. The van der Waals surface area contributed by atoms with E-state index in [2.05, 4.69) is 0 Å². The molecule has 2 nitrogen and oxygen atoms in total. The summed E-state index contributed by atoms with van der Waals surface area (Å²) in [6.45, 7) is 0.417. The highest BCUT2D eigenvalue weighted by Crippen LogP contribution is 2.27. The van der Waals surface area contributed by atoms with Crippen molar-refractivity contribution in [1.29, 1.82) is 0 Å². The molecule has 1 aromatic rings. The molecule has 1 aromatic carbocycles. The second kappa shape index (κ2) is 6.65. The molecule has 0 radical (unpaired) electrons. The van der Waals surface area contributed by atoms with Crippen molar-refractivity contribution in [2.75, 3.05) is 6.61 Å². The number of hydrogen-bond acceptors (Lipinski definition) is 2. The highest BCUT2D eigenvalue weighted by molar-refractivity contribution is 5.20. The van der Waals surface area contributed by atoms with E-state index in [-0.39, 0.29) is 6.10 Å². The zero-order valence-corrected chi connectivity index (χ0v) is 10.3. The van der Waals surface area contributed by atoms with Crippen LogP contribution < -0.4 is 4.74 Å². The molecular formula is C15H22O2. The van der Waals surface area contributed by atoms with Gasteiger partial charge in [0.15, 0.2) is 0 Å². The van der Waals surface area contributed by atoms with E-state index in [0.29, 0.717) is 12.5 Å². The standard InChI is InChI=1S/C15H22O2/c16-14(11-13-7-3-1-4-8-13)12-17-15-9-5-2-6-10-15/h2,5-6,9-10,13-14,16H,1,3-4,7-8,11-12H2. The predicted molar refractivity (Wildman–Crippen MR) is 69.1 cm³/mol. The first-order valence-electron chi connectivity index (χ1n) is 6.70. The van der Waals surface area contributed by atoms with Crippen LogP contribution in [0.5, 0.6) is 5.75 Å². The number of hydrogen-bond donors (Lipinski definition) is 1. The Morgan fingerprint density at radius 1 is 1.12 bits per heavy atom. The minimum Gasteiger partial charge on any atom is -0.491 e. The van der Waals surface area contributed by atoms with Crippen molar-refractivity contribution in [3.05, 3.63) is 30.3 Å². The van der Waals surface area contributed by atoms with E-state index in [9.17, 15) is 5.11 Å². The van der Waals surface area contributed by atoms with Crippen LogP contribution in [0, 0.1) is 5.92 Å². The van der Waals surface area contributed by atoms with Gasteiger partial charge in [-0.25, -0.2) is 0 Å². The van der Waals surface area contributed by atoms with Gasteiger partial charge in [0.25, 0.3) is 0 Å². The molecule has 1 aliphatic carbocycles. The quantitative estimate of drug-likeness (QED) is 0.846. The van der Waals surface area contributed by atoms with E-state index >= 15 is 0 Å². The summed E-state index contributed by atoms with van der Waals surface area (Å²) >= 11 is 0. The van der Waals surface area contributed by atoms with Crippen molar-refractivity contribution in [3.8, 4) is 5.75 Å². The molecule has 0 spiro atoms. The molecule has 1 unspecified atom stereocenters. The molecule has 1 fully saturated rings. The maximum absolute atomic E-state index is 9.94. The number of aliphatic hydroxyl groups excluding tert-OH is 1. The molecule has 1 N–H and O–H groups in total. The number of rotatable bonds is 5. The van der Waals surface area contributed by atoms with Crippen molar-refractivity contribution in [2.45, 2.75) is 44.6 Å². The molecule has 2 rings (SSSR count). The van der Waals surface area contributed by atoms with E-state index in [1.165, 1.54) is 32.1 Å². The minimum atomic E-state index is -0.321. The van der Waals surface area contributed by atoms with E-state index in [1.807, 2.05) is 30.3 Å². The summed E-state index contributed by atoms with van der Waals surface area (Å²) in [5.41, 5.74) is 0. The topological polar surface area (TPSA) is 29.5 Å². The van der Waals surface area contributed by atoms with E-state index in [0.717, 1.165) is 12.2 Å². The Hall–Kier alpha value is -1.02. The molecule has 1 atom stereocenters. The van der Waals surface area contributed by atoms with Gasteiger partial charge in [-0.05, 0) is 24.5 Å². The van der Waals surface area contributed by atoms with Crippen LogP contribution in [0.2, 0.25) is 0 Å². The Labute approximate surface area is 104 Å². The van der Waals surface area contributed by atoms with Crippen molar-refractivity contribution in [2.24, 2.45) is 5.92 Å². The van der Waals surface area contributed by atoms with Gasteiger partial charge in [-0.1, -0.05) is 50.3 Å². The summed E-state index contributed by atoms with van der Waals surface area (Å²) in [4.78, 5) is 0. The Morgan fingerprint density at radius 2 is 1.82 bits per heavy atom. The van der Waals surface area contributed by atoms with Gasteiger partial charge in [-0.3, -0.25) is 0 Å². The van der Waals surface area contributed by atoms with Crippen molar-refractivity contribution >= 4 is 0 Å². The van der Waals surface area contributed by atoms with Gasteiger partial charge in [0.05, 0.1) is 6.10 Å².